The number of nitrogens with one attached hydrogen (secondary N) is 1. The molecule has 8 N–H and O–H groups in total. The van der Waals surface area contributed by atoms with Crippen molar-refractivity contribution in [2.24, 2.45) is 5.73 Å². The Labute approximate surface area is 344 Å². The number of nitrogens with two attached hydrogens (primary N) is 3. The fourth-order valence-electron chi connectivity index (χ4n) is 6.06. The third kappa shape index (κ3) is 8.86. The van der Waals surface area contributed by atoms with Crippen LogP contribution in [0, 0.1) is 13.8 Å². The highest BCUT2D eigenvalue weighted by Gasteiger charge is 2.22. The van der Waals surface area contributed by atoms with Gasteiger partial charge in [-0.3, -0.25) is 23.5 Å². The quantitative estimate of drug-likeness (QED) is 0.139. The molecule has 1 amide bonds. The van der Waals surface area contributed by atoms with E-state index in [2.05, 4.69) is 34.0 Å². The lowest BCUT2D eigenvalue weighted by Crippen LogP contribution is -2.32. The summed E-state index contributed by atoms with van der Waals surface area (Å²) >= 11 is 2.61. The van der Waals surface area contributed by atoms with Crippen LogP contribution in [-0.4, -0.2) is 54.8 Å². The Morgan fingerprint density at radius 2 is 1.10 bits per heavy atom. The van der Waals surface area contributed by atoms with Crippen molar-refractivity contribution in [2.45, 2.75) is 39.8 Å². The van der Waals surface area contributed by atoms with Crippen molar-refractivity contribution in [1.82, 2.24) is 43.1 Å². The van der Waals surface area contributed by atoms with E-state index >= 15 is 0 Å². The van der Waals surface area contributed by atoms with Crippen LogP contribution in [0.1, 0.15) is 69.7 Å². The molecule has 0 saturated heterocycles. The van der Waals surface area contributed by atoms with Gasteiger partial charge in [0.1, 0.15) is 0 Å². The molecule has 8 aromatic rings. The molecule has 59 heavy (non-hydrogen) atoms. The van der Waals surface area contributed by atoms with Crippen LogP contribution in [0.4, 0.5) is 11.6 Å². The number of carbonyl (C=O) groups is 2. The number of benzene rings is 2. The summed E-state index contributed by atoms with van der Waals surface area (Å²) in [7, 11) is 0. The Bertz CT molecular complexity index is 2910. The highest BCUT2D eigenvalue weighted by molar-refractivity contribution is 7.13. The molecule has 0 aliphatic carbocycles. The van der Waals surface area contributed by atoms with Gasteiger partial charge in [0.25, 0.3) is 17.0 Å². The number of aromatic nitrogens is 8. The first-order valence-electron chi connectivity index (χ1n) is 17.9. The van der Waals surface area contributed by atoms with Crippen LogP contribution in [0.2, 0.25) is 0 Å². The Morgan fingerprint density at radius 1 is 0.678 bits per heavy atom. The largest absolute Gasteiger partial charge is 0.476 e. The van der Waals surface area contributed by atoms with Gasteiger partial charge in [-0.25, -0.2) is 24.7 Å². The molecule has 17 nitrogen and oxygen atoms in total. The summed E-state index contributed by atoms with van der Waals surface area (Å²) in [6, 6.07) is 22.0. The van der Waals surface area contributed by atoms with Gasteiger partial charge < -0.3 is 27.6 Å². The van der Waals surface area contributed by atoms with Gasteiger partial charge in [-0.15, -0.1) is 0 Å². The second kappa shape index (κ2) is 17.9. The van der Waals surface area contributed by atoms with Gasteiger partial charge in [0, 0.05) is 53.6 Å². The number of hydrogen-bond donors (Lipinski definition) is 5. The lowest BCUT2D eigenvalue weighted by molar-refractivity contribution is 0.0691. The molecule has 6 heterocycles. The summed E-state index contributed by atoms with van der Waals surface area (Å²) < 4.78 is 13.6. The zero-order valence-electron chi connectivity index (χ0n) is 32.1. The molecular weight excluding hydrogens is 793 g/mol. The van der Waals surface area contributed by atoms with E-state index in [-0.39, 0.29) is 40.2 Å². The molecule has 2 atom stereocenters. The fourth-order valence-corrected chi connectivity index (χ4v) is 7.72. The van der Waals surface area contributed by atoms with Crippen molar-refractivity contribution in [1.29, 1.82) is 0 Å². The summed E-state index contributed by atoms with van der Waals surface area (Å²) in [5.41, 5.74) is 21.0. The molecule has 0 spiro atoms. The molecule has 0 aliphatic heterocycles. The van der Waals surface area contributed by atoms with Gasteiger partial charge in [-0.05, 0) is 87.2 Å². The van der Waals surface area contributed by atoms with Crippen LogP contribution in [-0.2, 0) is 0 Å². The van der Waals surface area contributed by atoms with E-state index in [1.54, 1.807) is 16.1 Å². The highest BCUT2D eigenvalue weighted by atomic mass is 32.1. The fraction of sp³-hybridized carbons (Fsp3) is 0.150. The topological polar surface area (TPSA) is 266 Å². The number of aromatic carboxylic acids is 1. The summed E-state index contributed by atoms with van der Waals surface area (Å²) in [5.74, 6) is -1.64. The first-order valence-corrected chi connectivity index (χ1v) is 19.4. The molecule has 300 valence electrons. The maximum absolute atomic E-state index is 13.3. The predicted molar refractivity (Wildman–Crippen MR) is 228 cm³/mol. The molecule has 0 fully saturated rings. The number of rotatable bonds is 7. The van der Waals surface area contributed by atoms with E-state index in [9.17, 15) is 19.2 Å². The molecule has 0 bridgehead atoms. The van der Waals surface area contributed by atoms with Crippen molar-refractivity contribution >= 4 is 66.7 Å². The van der Waals surface area contributed by atoms with Gasteiger partial charge >= 0.3 is 5.97 Å². The lowest BCUT2D eigenvalue weighted by Gasteiger charge is -2.20. The zero-order chi connectivity index (χ0) is 42.4. The molecule has 8 rings (SSSR count). The van der Waals surface area contributed by atoms with E-state index in [4.69, 9.17) is 22.3 Å². The number of aryl methyl sites for hydroxylation is 2. The standard InChI is InChI=1S/C20H18N6O2S.C15H15N3OS.C5H5N3O2/c1-11(24-19(27)17-18(21)23-9-8-22-17)14-10-15-16(12(2)25-29-15)20(28)26(14)13-6-4-3-5-7-13;1-9(16)12-8-13-14(10(2)17-20-13)15(19)18(12)11-6-4-3-5-7-11;6-4-3(5(9)10)7-1-2-8-4/h3-11H,1-2H3,(H2,21,23)(H,24,27);3-9H,16H2,1-2H3;1-2H,(H2,6,8)(H,9,10). The molecule has 0 aliphatic rings. The number of amides is 1. The predicted octanol–water partition coefficient (Wildman–Crippen LogP) is 5.15. The number of fused-ring (bicyclic) bond motifs is 2. The first kappa shape index (κ1) is 41.4. The zero-order valence-corrected chi connectivity index (χ0v) is 33.7. The number of nitrogen functional groups attached to an aromatic ring is 2. The van der Waals surface area contributed by atoms with Crippen LogP contribution in [0.25, 0.3) is 31.5 Å². The molecule has 6 aromatic heterocycles. The van der Waals surface area contributed by atoms with Gasteiger partial charge in [0.05, 0.1) is 37.6 Å². The average Bonchev–Trinajstić information content (AvgIpc) is 3.80. The van der Waals surface area contributed by atoms with Gasteiger partial charge in [-0.2, -0.15) is 8.75 Å². The van der Waals surface area contributed by atoms with Crippen molar-refractivity contribution < 1.29 is 14.7 Å². The molecular formula is C40H38N12O5S2. The number of para-hydroxylation sites is 2. The van der Waals surface area contributed by atoms with Crippen molar-refractivity contribution in [2.75, 3.05) is 11.5 Å². The molecule has 0 saturated carbocycles. The molecule has 2 aromatic carbocycles. The maximum Gasteiger partial charge on any atom is 0.358 e. The number of carbonyl (C=O) groups excluding carboxylic acids is 1. The van der Waals surface area contributed by atoms with E-state index < -0.39 is 17.9 Å². The monoisotopic (exact) mass is 830 g/mol. The minimum absolute atomic E-state index is 0.0441. The Balaban J connectivity index is 0.000000168. The maximum atomic E-state index is 13.3. The van der Waals surface area contributed by atoms with E-state index in [0.717, 1.165) is 26.5 Å². The summed E-state index contributed by atoms with van der Waals surface area (Å²) in [4.78, 5) is 64.0. The van der Waals surface area contributed by atoms with Gasteiger partial charge in [0.15, 0.2) is 23.0 Å². The number of hydrogen-bond acceptors (Lipinski definition) is 15. The van der Waals surface area contributed by atoms with Crippen LogP contribution in [0.3, 0.4) is 0 Å². The highest BCUT2D eigenvalue weighted by Crippen LogP contribution is 2.26. The van der Waals surface area contributed by atoms with Crippen molar-refractivity contribution in [3.05, 3.63) is 152 Å². The number of nitrogens with zero attached hydrogens (tertiary/aromatic N) is 8. The SMILES string of the molecule is Cc1nsc2cc(C(C)N)n(-c3ccccc3)c(=O)c12.Cc1nsc2cc(C(C)NC(=O)c3nccnc3N)n(-c3ccccc3)c(=O)c12.Nc1nccnc1C(=O)O. The minimum Gasteiger partial charge on any atom is -0.476 e. The minimum atomic E-state index is -1.16. The summed E-state index contributed by atoms with van der Waals surface area (Å²) in [5, 5.41) is 12.5. The van der Waals surface area contributed by atoms with E-state index in [1.165, 1.54) is 47.9 Å². The Kier molecular flexibility index (Phi) is 12.6. The van der Waals surface area contributed by atoms with Crippen LogP contribution in [0.15, 0.2) is 107 Å². The van der Waals surface area contributed by atoms with E-state index in [0.29, 0.717) is 27.8 Å². The normalized spacial score (nSPS) is 11.8. The summed E-state index contributed by atoms with van der Waals surface area (Å²) in [6.07, 6.45) is 5.44. The number of anilines is 2. The van der Waals surface area contributed by atoms with Gasteiger partial charge in [0.2, 0.25) is 0 Å². The number of carboxylic acids is 1. The average molecular weight is 831 g/mol. The second-order valence-corrected chi connectivity index (χ2v) is 14.6. The molecule has 2 unspecified atom stereocenters. The van der Waals surface area contributed by atoms with Crippen LogP contribution < -0.4 is 33.6 Å². The lowest BCUT2D eigenvalue weighted by atomic mass is 10.1. The number of pyridine rings is 2. The Hall–Kier alpha value is -7.22. The smallest absolute Gasteiger partial charge is 0.358 e. The van der Waals surface area contributed by atoms with Crippen molar-refractivity contribution in [3.8, 4) is 11.4 Å². The second-order valence-electron chi connectivity index (χ2n) is 13.0. The molecule has 0 radical (unpaired) electrons. The third-order valence-corrected chi connectivity index (χ3v) is 10.6. The van der Waals surface area contributed by atoms with Gasteiger partial charge in [-0.1, -0.05) is 36.4 Å². The van der Waals surface area contributed by atoms with E-state index in [1.807, 2.05) is 93.6 Å². The third-order valence-electron chi connectivity index (χ3n) is 8.84. The Morgan fingerprint density at radius 3 is 1.53 bits per heavy atom. The number of carboxylic acid groups (broad SMARTS) is 1. The van der Waals surface area contributed by atoms with Crippen LogP contribution in [0.5, 0.6) is 0 Å². The van der Waals surface area contributed by atoms with Crippen LogP contribution >= 0.6 is 23.1 Å². The first-order chi connectivity index (χ1) is 28.3. The molecule has 19 heteroatoms. The summed E-state index contributed by atoms with van der Waals surface area (Å²) in [6.45, 7) is 7.37. The van der Waals surface area contributed by atoms with Crippen molar-refractivity contribution in [3.63, 3.8) is 0 Å².